The van der Waals surface area contributed by atoms with Gasteiger partial charge in [-0.25, -0.2) is 12.8 Å². The quantitative estimate of drug-likeness (QED) is 0.176. The fraction of sp³-hybridized carbons (Fsp3) is 0.278. The summed E-state index contributed by atoms with van der Waals surface area (Å²) in [4.78, 5) is 30.0. The molecule has 0 bridgehead atoms. The van der Waals surface area contributed by atoms with Crippen LogP contribution in [-0.2, 0) is 32.6 Å². The second kappa shape index (κ2) is 15.0. The van der Waals surface area contributed by atoms with Crippen LogP contribution in [-0.4, -0.2) is 43.8 Å². The Morgan fingerprint density at radius 2 is 1.50 bits per heavy atom. The molecule has 46 heavy (non-hydrogen) atoms. The van der Waals surface area contributed by atoms with Crippen LogP contribution in [0.5, 0.6) is 0 Å². The van der Waals surface area contributed by atoms with Crippen LogP contribution in [0.2, 0.25) is 0 Å². The standard InChI is InChI=1S/C36H37BrFN3O4S/c1-26-11-21-33(22-12-26)46(44,45)41(32-19-17-30(38)18-20-32)25-35(42)40(24-28-13-15-29(37)16-14-28)34(23-27-7-3-2-4-8-27)36(43)39-31-9-5-6-10-31/h2-4,7-8,11-22,31,34H,5-6,9-10,23-25H2,1H3,(H,39,43)/t34-/m1/s1. The van der Waals surface area contributed by atoms with Crippen LogP contribution in [0.1, 0.15) is 42.4 Å². The van der Waals surface area contributed by atoms with Gasteiger partial charge in [-0.1, -0.05) is 88.9 Å². The van der Waals surface area contributed by atoms with E-state index in [9.17, 15) is 22.4 Å². The molecule has 0 aliphatic heterocycles. The fourth-order valence-electron chi connectivity index (χ4n) is 5.68. The third-order valence-corrected chi connectivity index (χ3v) is 10.6. The Bertz CT molecular complexity index is 1730. The summed E-state index contributed by atoms with van der Waals surface area (Å²) in [7, 11) is -4.26. The van der Waals surface area contributed by atoms with E-state index in [2.05, 4.69) is 21.2 Å². The summed E-state index contributed by atoms with van der Waals surface area (Å²) in [6, 6.07) is 27.3. The SMILES string of the molecule is Cc1ccc(S(=O)(=O)N(CC(=O)N(Cc2ccc(Br)cc2)[C@H](Cc2ccccc2)C(=O)NC2CCCC2)c2ccc(F)cc2)cc1. The number of aryl methyl sites for hydroxylation is 1. The predicted octanol–water partition coefficient (Wildman–Crippen LogP) is 6.79. The summed E-state index contributed by atoms with van der Waals surface area (Å²) in [6.07, 6.45) is 4.04. The molecule has 7 nitrogen and oxygen atoms in total. The summed E-state index contributed by atoms with van der Waals surface area (Å²) in [5.41, 5.74) is 2.65. The molecule has 1 N–H and O–H groups in total. The molecule has 4 aromatic rings. The summed E-state index contributed by atoms with van der Waals surface area (Å²) < 4.78 is 44.0. The fourth-order valence-corrected chi connectivity index (χ4v) is 7.36. The lowest BCUT2D eigenvalue weighted by atomic mass is 10.0. The van der Waals surface area contributed by atoms with Crippen LogP contribution in [0.25, 0.3) is 0 Å². The van der Waals surface area contributed by atoms with Crippen molar-refractivity contribution in [2.24, 2.45) is 0 Å². The van der Waals surface area contributed by atoms with Crippen molar-refractivity contribution >= 4 is 43.5 Å². The number of sulfonamides is 1. The maximum atomic E-state index is 14.5. The van der Waals surface area contributed by atoms with Crippen molar-refractivity contribution in [3.8, 4) is 0 Å². The molecular weight excluding hydrogens is 669 g/mol. The molecule has 0 aromatic heterocycles. The molecule has 1 aliphatic rings. The molecule has 1 saturated carbocycles. The molecule has 0 spiro atoms. The Balaban J connectivity index is 1.55. The van der Waals surface area contributed by atoms with Crippen LogP contribution < -0.4 is 9.62 Å². The first-order chi connectivity index (χ1) is 22.1. The van der Waals surface area contributed by atoms with Crippen LogP contribution in [0.4, 0.5) is 10.1 Å². The van der Waals surface area contributed by atoms with Crippen molar-refractivity contribution in [2.75, 3.05) is 10.8 Å². The van der Waals surface area contributed by atoms with Gasteiger partial charge in [-0.15, -0.1) is 0 Å². The molecule has 5 rings (SSSR count). The molecule has 2 amide bonds. The predicted molar refractivity (Wildman–Crippen MR) is 181 cm³/mol. The molecule has 10 heteroatoms. The molecule has 4 aromatic carbocycles. The van der Waals surface area contributed by atoms with Crippen LogP contribution in [0, 0.1) is 12.7 Å². The molecule has 1 atom stereocenters. The Labute approximate surface area is 278 Å². The molecular formula is C36H37BrFN3O4S. The number of hydrogen-bond acceptors (Lipinski definition) is 4. The highest BCUT2D eigenvalue weighted by atomic mass is 79.9. The lowest BCUT2D eigenvalue weighted by Gasteiger charge is -2.34. The molecule has 1 fully saturated rings. The minimum atomic E-state index is -4.26. The van der Waals surface area contributed by atoms with Crippen molar-refractivity contribution in [2.45, 2.75) is 62.6 Å². The number of amides is 2. The Kier molecular flexibility index (Phi) is 10.9. The third kappa shape index (κ3) is 8.41. The number of halogens is 2. The molecule has 0 saturated heterocycles. The van der Waals surface area contributed by atoms with E-state index >= 15 is 0 Å². The minimum Gasteiger partial charge on any atom is -0.352 e. The first-order valence-corrected chi connectivity index (χ1v) is 17.6. The molecule has 0 heterocycles. The second-order valence-corrected chi connectivity index (χ2v) is 14.4. The lowest BCUT2D eigenvalue weighted by Crippen LogP contribution is -2.54. The van der Waals surface area contributed by atoms with Gasteiger partial charge >= 0.3 is 0 Å². The van der Waals surface area contributed by atoms with Gasteiger partial charge in [0.15, 0.2) is 0 Å². The number of anilines is 1. The van der Waals surface area contributed by atoms with Gasteiger partial charge in [0.2, 0.25) is 11.8 Å². The van der Waals surface area contributed by atoms with Gasteiger partial charge in [0.1, 0.15) is 18.4 Å². The Hall–Kier alpha value is -4.02. The largest absolute Gasteiger partial charge is 0.352 e. The van der Waals surface area contributed by atoms with E-state index in [1.165, 1.54) is 29.2 Å². The second-order valence-electron chi connectivity index (χ2n) is 11.6. The average molecular weight is 707 g/mol. The van der Waals surface area contributed by atoms with Gasteiger partial charge in [-0.2, -0.15) is 0 Å². The number of benzene rings is 4. The number of hydrogen-bond donors (Lipinski definition) is 1. The number of rotatable bonds is 12. The summed E-state index contributed by atoms with van der Waals surface area (Å²) in [6.45, 7) is 1.32. The van der Waals surface area contributed by atoms with Gasteiger partial charge in [0, 0.05) is 23.5 Å². The highest BCUT2D eigenvalue weighted by Crippen LogP contribution is 2.26. The summed E-state index contributed by atoms with van der Waals surface area (Å²) >= 11 is 3.45. The highest BCUT2D eigenvalue weighted by molar-refractivity contribution is 9.10. The topological polar surface area (TPSA) is 86.8 Å². The van der Waals surface area contributed by atoms with Crippen LogP contribution >= 0.6 is 15.9 Å². The third-order valence-electron chi connectivity index (χ3n) is 8.24. The minimum absolute atomic E-state index is 0.00510. The number of carbonyl (C=O) groups excluding carboxylic acids is 2. The van der Waals surface area contributed by atoms with E-state index in [4.69, 9.17) is 0 Å². The Morgan fingerprint density at radius 1 is 0.870 bits per heavy atom. The van der Waals surface area contributed by atoms with E-state index in [0.29, 0.717) is 0 Å². The van der Waals surface area contributed by atoms with Crippen molar-refractivity contribution in [1.29, 1.82) is 0 Å². The first kappa shape index (κ1) is 33.3. The first-order valence-electron chi connectivity index (χ1n) is 15.3. The van der Waals surface area contributed by atoms with Gasteiger partial charge in [-0.3, -0.25) is 13.9 Å². The summed E-state index contributed by atoms with van der Waals surface area (Å²) in [5, 5.41) is 3.17. The van der Waals surface area contributed by atoms with Crippen molar-refractivity contribution in [1.82, 2.24) is 10.2 Å². The van der Waals surface area contributed by atoms with Gasteiger partial charge in [0.05, 0.1) is 10.6 Å². The number of nitrogens with one attached hydrogen (secondary N) is 1. The molecule has 0 radical (unpaired) electrons. The maximum Gasteiger partial charge on any atom is 0.264 e. The average Bonchev–Trinajstić information content (AvgIpc) is 3.56. The summed E-state index contributed by atoms with van der Waals surface area (Å²) in [5.74, 6) is -1.38. The van der Waals surface area contributed by atoms with Gasteiger partial charge in [0.25, 0.3) is 10.0 Å². The van der Waals surface area contributed by atoms with E-state index in [-0.39, 0.29) is 35.5 Å². The van der Waals surface area contributed by atoms with E-state index < -0.39 is 34.3 Å². The molecule has 0 unspecified atom stereocenters. The van der Waals surface area contributed by atoms with E-state index in [0.717, 1.165) is 63.3 Å². The Morgan fingerprint density at radius 3 is 2.13 bits per heavy atom. The zero-order valence-electron chi connectivity index (χ0n) is 25.6. The van der Waals surface area contributed by atoms with Crippen molar-refractivity contribution < 1.29 is 22.4 Å². The molecule has 240 valence electrons. The highest BCUT2D eigenvalue weighted by Gasteiger charge is 2.35. The van der Waals surface area contributed by atoms with E-state index in [1.807, 2.05) is 61.5 Å². The monoisotopic (exact) mass is 705 g/mol. The zero-order chi connectivity index (χ0) is 32.7. The van der Waals surface area contributed by atoms with Gasteiger partial charge in [-0.05, 0) is 79.4 Å². The van der Waals surface area contributed by atoms with E-state index in [1.54, 1.807) is 12.1 Å². The van der Waals surface area contributed by atoms with Gasteiger partial charge < -0.3 is 10.2 Å². The molecule has 1 aliphatic carbocycles. The number of nitrogens with zero attached hydrogens (tertiary/aromatic N) is 2. The zero-order valence-corrected chi connectivity index (χ0v) is 28.0. The van der Waals surface area contributed by atoms with Crippen LogP contribution in [0.3, 0.4) is 0 Å². The van der Waals surface area contributed by atoms with Crippen molar-refractivity contribution in [3.05, 3.63) is 130 Å². The smallest absolute Gasteiger partial charge is 0.264 e. The lowest BCUT2D eigenvalue weighted by molar-refractivity contribution is -0.140. The van der Waals surface area contributed by atoms with Crippen molar-refractivity contribution in [3.63, 3.8) is 0 Å². The maximum absolute atomic E-state index is 14.5. The number of carbonyl (C=O) groups is 2. The normalized spacial score (nSPS) is 14.1. The van der Waals surface area contributed by atoms with Crippen LogP contribution in [0.15, 0.2) is 112 Å².